The van der Waals surface area contributed by atoms with Crippen molar-refractivity contribution < 1.29 is 12.8 Å². The molecule has 0 saturated heterocycles. The maximum Gasteiger partial charge on any atom is 0.162 e. The Labute approximate surface area is 103 Å². The van der Waals surface area contributed by atoms with E-state index in [0.29, 0.717) is 12.3 Å². The van der Waals surface area contributed by atoms with Crippen molar-refractivity contribution in [2.45, 2.75) is 44.7 Å². The first-order valence-electron chi connectivity index (χ1n) is 5.77. The predicted octanol–water partition coefficient (Wildman–Crippen LogP) is 2.10. The molecule has 5 heteroatoms. The fraction of sp³-hybridized carbons (Fsp3) is 0.667. The molecule has 4 nitrogen and oxygen atoms in total. The highest BCUT2D eigenvalue weighted by Crippen LogP contribution is 2.21. The fourth-order valence-corrected chi connectivity index (χ4v) is 2.21. The number of nitrogens with one attached hydrogen (secondary N) is 1. The minimum Gasteiger partial charge on any atom is -0.464 e. The van der Waals surface area contributed by atoms with E-state index >= 15 is 0 Å². The van der Waals surface area contributed by atoms with Crippen LogP contribution >= 0.6 is 0 Å². The molecule has 1 rings (SSSR count). The zero-order chi connectivity index (χ0) is 13.1. The SMILES string of the molecule is CCNCc1ccc(CS(=O)(=O)C(C)(C)C)o1. The first kappa shape index (κ1) is 14.3. The molecule has 0 bridgehead atoms. The molecule has 0 unspecified atom stereocenters. The monoisotopic (exact) mass is 259 g/mol. The van der Waals surface area contributed by atoms with E-state index in [9.17, 15) is 8.42 Å². The molecular weight excluding hydrogens is 238 g/mol. The van der Waals surface area contributed by atoms with E-state index in [2.05, 4.69) is 5.32 Å². The van der Waals surface area contributed by atoms with Gasteiger partial charge in [0, 0.05) is 0 Å². The summed E-state index contributed by atoms with van der Waals surface area (Å²) in [6.45, 7) is 8.59. The van der Waals surface area contributed by atoms with Crippen molar-refractivity contribution in [2.75, 3.05) is 6.54 Å². The highest BCUT2D eigenvalue weighted by atomic mass is 32.2. The maximum atomic E-state index is 12.0. The molecule has 0 aliphatic heterocycles. The molecule has 0 aliphatic carbocycles. The standard InChI is InChI=1S/C12H21NO3S/c1-5-13-8-10-6-7-11(16-10)9-17(14,15)12(2,3)4/h6-7,13H,5,8-9H2,1-4H3. The van der Waals surface area contributed by atoms with Crippen LogP contribution in [0.15, 0.2) is 16.5 Å². The van der Waals surface area contributed by atoms with Crippen LogP contribution in [0.1, 0.15) is 39.2 Å². The molecule has 0 radical (unpaired) electrons. The first-order chi connectivity index (χ1) is 7.76. The Morgan fingerprint density at radius 3 is 2.35 bits per heavy atom. The largest absolute Gasteiger partial charge is 0.464 e. The summed E-state index contributed by atoms with van der Waals surface area (Å²) in [5.74, 6) is 1.24. The molecule has 0 atom stereocenters. The molecule has 0 fully saturated rings. The third-order valence-corrected chi connectivity index (χ3v) is 5.06. The molecule has 0 amide bonds. The van der Waals surface area contributed by atoms with Crippen molar-refractivity contribution in [1.29, 1.82) is 0 Å². The lowest BCUT2D eigenvalue weighted by atomic mass is 10.3. The summed E-state index contributed by atoms with van der Waals surface area (Å²) in [6, 6.07) is 3.55. The van der Waals surface area contributed by atoms with Crippen LogP contribution in [0.5, 0.6) is 0 Å². The Hall–Kier alpha value is -0.810. The molecule has 1 heterocycles. The van der Waals surface area contributed by atoms with Crippen LogP contribution in [-0.2, 0) is 22.1 Å². The van der Waals surface area contributed by atoms with Crippen molar-refractivity contribution in [1.82, 2.24) is 5.32 Å². The Kier molecular flexibility index (Phi) is 4.38. The molecule has 0 spiro atoms. The van der Waals surface area contributed by atoms with Crippen LogP contribution in [0.4, 0.5) is 0 Å². The van der Waals surface area contributed by atoms with Crippen molar-refractivity contribution in [3.8, 4) is 0 Å². The normalized spacial score (nSPS) is 12.9. The minimum absolute atomic E-state index is 0.0391. The zero-order valence-electron chi connectivity index (χ0n) is 10.9. The summed E-state index contributed by atoms with van der Waals surface area (Å²) >= 11 is 0. The van der Waals surface area contributed by atoms with E-state index < -0.39 is 14.6 Å². The van der Waals surface area contributed by atoms with E-state index in [1.165, 1.54) is 0 Å². The van der Waals surface area contributed by atoms with Crippen LogP contribution in [0.25, 0.3) is 0 Å². The van der Waals surface area contributed by atoms with Gasteiger partial charge in [-0.3, -0.25) is 0 Å². The number of hydrogen-bond donors (Lipinski definition) is 1. The van der Waals surface area contributed by atoms with Crippen molar-refractivity contribution in [3.05, 3.63) is 23.7 Å². The van der Waals surface area contributed by atoms with Crippen LogP contribution in [0.3, 0.4) is 0 Å². The molecule has 1 aromatic heterocycles. The van der Waals surface area contributed by atoms with Gasteiger partial charge in [-0.1, -0.05) is 6.92 Å². The smallest absolute Gasteiger partial charge is 0.162 e. The third kappa shape index (κ3) is 3.85. The van der Waals surface area contributed by atoms with Crippen LogP contribution < -0.4 is 5.32 Å². The lowest BCUT2D eigenvalue weighted by Crippen LogP contribution is -2.29. The first-order valence-corrected chi connectivity index (χ1v) is 7.42. The summed E-state index contributed by atoms with van der Waals surface area (Å²) in [7, 11) is -3.17. The van der Waals surface area contributed by atoms with E-state index in [1.807, 2.05) is 13.0 Å². The van der Waals surface area contributed by atoms with Gasteiger partial charge in [0.2, 0.25) is 0 Å². The number of furan rings is 1. The molecule has 98 valence electrons. The Morgan fingerprint density at radius 2 is 1.82 bits per heavy atom. The Balaban J connectivity index is 2.73. The highest BCUT2D eigenvalue weighted by molar-refractivity contribution is 7.91. The summed E-state index contributed by atoms with van der Waals surface area (Å²) in [5, 5.41) is 3.13. The van der Waals surface area contributed by atoms with Gasteiger partial charge in [0.05, 0.1) is 11.3 Å². The van der Waals surface area contributed by atoms with Gasteiger partial charge < -0.3 is 9.73 Å². The Bertz CT molecular complexity index is 454. The summed E-state index contributed by atoms with van der Waals surface area (Å²) in [4.78, 5) is 0. The molecule has 1 N–H and O–H groups in total. The van der Waals surface area contributed by atoms with Crippen molar-refractivity contribution in [3.63, 3.8) is 0 Å². The average molecular weight is 259 g/mol. The Morgan fingerprint density at radius 1 is 1.24 bits per heavy atom. The third-order valence-electron chi connectivity index (χ3n) is 2.53. The molecular formula is C12H21NO3S. The van der Waals surface area contributed by atoms with Crippen molar-refractivity contribution in [2.24, 2.45) is 0 Å². The second kappa shape index (κ2) is 5.23. The molecule has 0 aromatic carbocycles. The van der Waals surface area contributed by atoms with Crippen LogP contribution in [0.2, 0.25) is 0 Å². The van der Waals surface area contributed by atoms with Crippen LogP contribution in [0, 0.1) is 0 Å². The molecule has 0 aliphatic rings. The molecule has 0 saturated carbocycles. The summed E-state index contributed by atoms with van der Waals surface area (Å²) in [6.07, 6.45) is 0. The number of sulfone groups is 1. The van der Waals surface area contributed by atoms with Gasteiger partial charge in [0.25, 0.3) is 0 Å². The fourth-order valence-electron chi connectivity index (χ4n) is 1.25. The lowest BCUT2D eigenvalue weighted by Gasteiger charge is -2.17. The van der Waals surface area contributed by atoms with E-state index in [4.69, 9.17) is 4.42 Å². The number of rotatable bonds is 5. The van der Waals surface area contributed by atoms with E-state index in [-0.39, 0.29) is 5.75 Å². The minimum atomic E-state index is -3.17. The van der Waals surface area contributed by atoms with Gasteiger partial charge >= 0.3 is 0 Å². The predicted molar refractivity (Wildman–Crippen MR) is 68.5 cm³/mol. The van der Waals surface area contributed by atoms with Gasteiger partial charge in [-0.15, -0.1) is 0 Å². The topological polar surface area (TPSA) is 59.3 Å². The number of hydrogen-bond acceptors (Lipinski definition) is 4. The van der Waals surface area contributed by atoms with Gasteiger partial charge in [-0.05, 0) is 39.4 Å². The van der Waals surface area contributed by atoms with Gasteiger partial charge in [0.15, 0.2) is 9.84 Å². The van der Waals surface area contributed by atoms with Gasteiger partial charge in [-0.2, -0.15) is 0 Å². The van der Waals surface area contributed by atoms with Gasteiger partial charge in [-0.25, -0.2) is 8.42 Å². The second-order valence-electron chi connectivity index (χ2n) is 5.02. The zero-order valence-corrected chi connectivity index (χ0v) is 11.7. The summed E-state index contributed by atoms with van der Waals surface area (Å²) in [5.41, 5.74) is 0. The quantitative estimate of drug-likeness (QED) is 0.879. The van der Waals surface area contributed by atoms with E-state index in [0.717, 1.165) is 12.3 Å². The summed E-state index contributed by atoms with van der Waals surface area (Å²) < 4.78 is 28.7. The van der Waals surface area contributed by atoms with Crippen molar-refractivity contribution >= 4 is 9.84 Å². The lowest BCUT2D eigenvalue weighted by molar-refractivity contribution is 0.457. The van der Waals surface area contributed by atoms with Gasteiger partial charge in [0.1, 0.15) is 17.3 Å². The van der Waals surface area contributed by atoms with E-state index in [1.54, 1.807) is 26.8 Å². The van der Waals surface area contributed by atoms with Crippen LogP contribution in [-0.4, -0.2) is 19.7 Å². The molecule has 1 aromatic rings. The molecule has 17 heavy (non-hydrogen) atoms. The highest BCUT2D eigenvalue weighted by Gasteiger charge is 2.30. The average Bonchev–Trinajstić information content (AvgIpc) is 2.60. The maximum absolute atomic E-state index is 12.0. The second-order valence-corrected chi connectivity index (χ2v) is 7.76.